The van der Waals surface area contributed by atoms with E-state index >= 15 is 0 Å². The van der Waals surface area contributed by atoms with Crippen LogP contribution < -0.4 is 10.1 Å². The molecule has 0 saturated heterocycles. The summed E-state index contributed by atoms with van der Waals surface area (Å²) in [5.41, 5.74) is 2.61. The van der Waals surface area contributed by atoms with Crippen LogP contribution in [0.2, 0.25) is 20.1 Å². The first kappa shape index (κ1) is 21.1. The zero-order valence-corrected chi connectivity index (χ0v) is 18.8. The minimum atomic E-state index is 0.271. The van der Waals surface area contributed by atoms with E-state index < -0.39 is 0 Å². The Kier molecular flexibility index (Phi) is 6.60. The maximum atomic E-state index is 6.30. The van der Waals surface area contributed by atoms with Gasteiger partial charge in [-0.25, -0.2) is 0 Å². The Morgan fingerprint density at radius 2 is 1.40 bits per heavy atom. The van der Waals surface area contributed by atoms with Crippen LogP contribution in [0.3, 0.4) is 0 Å². The van der Waals surface area contributed by atoms with Crippen molar-refractivity contribution < 1.29 is 4.74 Å². The first-order valence-electron chi connectivity index (χ1n) is 9.27. The average molecular weight is 477 g/mol. The lowest BCUT2D eigenvalue weighted by molar-refractivity contribution is 0.304. The molecule has 0 unspecified atom stereocenters. The summed E-state index contributed by atoms with van der Waals surface area (Å²) >= 11 is 24.9. The van der Waals surface area contributed by atoms with Gasteiger partial charge < -0.3 is 10.1 Å². The first-order chi connectivity index (χ1) is 14.5. The van der Waals surface area contributed by atoms with Gasteiger partial charge in [0.2, 0.25) is 0 Å². The van der Waals surface area contributed by atoms with Crippen molar-refractivity contribution in [1.29, 1.82) is 0 Å². The molecular weight excluding hydrogens is 460 g/mol. The van der Waals surface area contributed by atoms with Crippen LogP contribution in [0.25, 0.3) is 10.8 Å². The molecule has 152 valence electrons. The Balaban J connectivity index is 1.65. The van der Waals surface area contributed by atoms with Crippen molar-refractivity contribution in [3.8, 4) is 5.75 Å². The number of fused-ring (bicyclic) bond motifs is 1. The molecule has 0 fully saturated rings. The maximum absolute atomic E-state index is 6.30. The fraction of sp³-hybridized carbons (Fsp3) is 0.0833. The number of nitrogens with one attached hydrogen (secondary N) is 1. The van der Waals surface area contributed by atoms with Crippen molar-refractivity contribution >= 4 is 62.9 Å². The van der Waals surface area contributed by atoms with Crippen molar-refractivity contribution in [1.82, 2.24) is 0 Å². The van der Waals surface area contributed by atoms with E-state index in [0.29, 0.717) is 26.6 Å². The molecule has 0 radical (unpaired) electrons. The Bertz CT molecular complexity index is 1170. The Morgan fingerprint density at radius 1 is 0.700 bits per heavy atom. The van der Waals surface area contributed by atoms with E-state index in [0.717, 1.165) is 33.3 Å². The summed E-state index contributed by atoms with van der Waals surface area (Å²) in [7, 11) is 0. The Hall–Kier alpha value is -2.10. The Labute approximate surface area is 195 Å². The van der Waals surface area contributed by atoms with Gasteiger partial charge in [0.25, 0.3) is 0 Å². The molecule has 2 nitrogen and oxygen atoms in total. The van der Waals surface area contributed by atoms with Gasteiger partial charge >= 0.3 is 0 Å². The van der Waals surface area contributed by atoms with E-state index in [9.17, 15) is 0 Å². The summed E-state index contributed by atoms with van der Waals surface area (Å²) in [6, 6.07) is 23.0. The molecule has 30 heavy (non-hydrogen) atoms. The highest BCUT2D eigenvalue weighted by Gasteiger charge is 2.12. The second-order valence-electron chi connectivity index (χ2n) is 6.76. The molecular formula is C24H17Cl4NO. The molecule has 0 aliphatic rings. The number of ether oxygens (including phenoxy) is 1. The van der Waals surface area contributed by atoms with Crippen molar-refractivity contribution in [3.05, 3.63) is 104 Å². The van der Waals surface area contributed by atoms with E-state index in [1.165, 1.54) is 0 Å². The van der Waals surface area contributed by atoms with Crippen LogP contribution >= 0.6 is 46.4 Å². The molecule has 4 rings (SSSR count). The second kappa shape index (κ2) is 9.36. The van der Waals surface area contributed by atoms with Crippen LogP contribution in [0, 0.1) is 0 Å². The van der Waals surface area contributed by atoms with E-state index in [1.807, 2.05) is 42.5 Å². The van der Waals surface area contributed by atoms with Gasteiger partial charge in [0, 0.05) is 43.4 Å². The van der Waals surface area contributed by atoms with E-state index in [4.69, 9.17) is 51.1 Å². The molecule has 0 heterocycles. The third-order valence-electron chi connectivity index (χ3n) is 4.76. The highest BCUT2D eigenvalue weighted by Crippen LogP contribution is 2.32. The van der Waals surface area contributed by atoms with E-state index in [2.05, 4.69) is 17.4 Å². The zero-order chi connectivity index (χ0) is 21.1. The van der Waals surface area contributed by atoms with Gasteiger partial charge in [0.1, 0.15) is 12.4 Å². The minimum Gasteiger partial charge on any atom is -0.488 e. The van der Waals surface area contributed by atoms with E-state index in [1.54, 1.807) is 18.2 Å². The highest BCUT2D eigenvalue weighted by molar-refractivity contribution is 6.36. The van der Waals surface area contributed by atoms with Gasteiger partial charge in [0.05, 0.1) is 0 Å². The number of benzene rings is 4. The predicted octanol–water partition coefficient (Wildman–Crippen LogP) is 8.64. The highest BCUT2D eigenvalue weighted by atomic mass is 35.5. The molecule has 0 aromatic heterocycles. The molecule has 0 saturated carbocycles. The summed E-state index contributed by atoms with van der Waals surface area (Å²) in [6.45, 7) is 0.802. The van der Waals surface area contributed by atoms with Crippen molar-refractivity contribution in [2.24, 2.45) is 0 Å². The monoisotopic (exact) mass is 475 g/mol. The van der Waals surface area contributed by atoms with Crippen LogP contribution in [0.4, 0.5) is 5.69 Å². The van der Waals surface area contributed by atoms with E-state index in [-0.39, 0.29) is 6.61 Å². The predicted molar refractivity (Wildman–Crippen MR) is 129 cm³/mol. The number of rotatable bonds is 6. The molecule has 4 aromatic rings. The molecule has 0 atom stereocenters. The average Bonchev–Trinajstić information content (AvgIpc) is 2.71. The number of hydrogen-bond acceptors (Lipinski definition) is 2. The van der Waals surface area contributed by atoms with Gasteiger partial charge in [-0.05, 0) is 47.2 Å². The standard InChI is InChI=1S/C24H17Cl4NO/c25-16-10-17(26)12-18(11-16)29-13-20-19-5-2-1-4-15(19)8-9-24(20)30-14-21-22(27)6-3-7-23(21)28/h1-12,29H,13-14H2. The summed E-state index contributed by atoms with van der Waals surface area (Å²) in [4.78, 5) is 0. The van der Waals surface area contributed by atoms with Crippen LogP contribution in [0.15, 0.2) is 72.8 Å². The fourth-order valence-corrected chi connectivity index (χ4v) is 4.33. The van der Waals surface area contributed by atoms with Crippen LogP contribution in [-0.4, -0.2) is 0 Å². The van der Waals surface area contributed by atoms with Gasteiger partial charge in [-0.2, -0.15) is 0 Å². The van der Waals surface area contributed by atoms with Crippen molar-refractivity contribution in [2.75, 3.05) is 5.32 Å². The molecule has 4 aromatic carbocycles. The largest absolute Gasteiger partial charge is 0.488 e. The van der Waals surface area contributed by atoms with Gasteiger partial charge in [-0.1, -0.05) is 82.8 Å². The smallest absolute Gasteiger partial charge is 0.125 e. The quantitative estimate of drug-likeness (QED) is 0.300. The van der Waals surface area contributed by atoms with Gasteiger partial charge in [-0.15, -0.1) is 0 Å². The summed E-state index contributed by atoms with van der Waals surface area (Å²) in [6.07, 6.45) is 0. The number of anilines is 1. The third-order valence-corrected chi connectivity index (χ3v) is 5.91. The lowest BCUT2D eigenvalue weighted by Gasteiger charge is -2.17. The summed E-state index contributed by atoms with van der Waals surface area (Å²) in [5.74, 6) is 0.755. The molecule has 6 heteroatoms. The Morgan fingerprint density at radius 3 is 2.13 bits per heavy atom. The van der Waals surface area contributed by atoms with Crippen LogP contribution in [0.5, 0.6) is 5.75 Å². The van der Waals surface area contributed by atoms with Crippen molar-refractivity contribution in [2.45, 2.75) is 13.2 Å². The lowest BCUT2D eigenvalue weighted by atomic mass is 10.0. The number of halogens is 4. The molecule has 0 aliphatic heterocycles. The molecule has 0 spiro atoms. The second-order valence-corrected chi connectivity index (χ2v) is 8.45. The molecule has 1 N–H and O–H groups in total. The van der Waals surface area contributed by atoms with Crippen LogP contribution in [0.1, 0.15) is 11.1 Å². The normalized spacial score (nSPS) is 10.9. The third kappa shape index (κ3) is 4.79. The summed E-state index contributed by atoms with van der Waals surface area (Å²) < 4.78 is 6.17. The molecule has 0 aliphatic carbocycles. The maximum Gasteiger partial charge on any atom is 0.125 e. The topological polar surface area (TPSA) is 21.3 Å². The fourth-order valence-electron chi connectivity index (χ4n) is 3.30. The SMILES string of the molecule is Clc1cc(Cl)cc(NCc2c(OCc3c(Cl)cccc3Cl)ccc3ccccc23)c1. The molecule has 0 bridgehead atoms. The van der Waals surface area contributed by atoms with Crippen molar-refractivity contribution in [3.63, 3.8) is 0 Å². The first-order valence-corrected chi connectivity index (χ1v) is 10.8. The van der Waals surface area contributed by atoms with Crippen LogP contribution in [-0.2, 0) is 13.2 Å². The molecule has 0 amide bonds. The van der Waals surface area contributed by atoms with Gasteiger partial charge in [-0.3, -0.25) is 0 Å². The minimum absolute atomic E-state index is 0.271. The number of hydrogen-bond donors (Lipinski definition) is 1. The van der Waals surface area contributed by atoms with Gasteiger partial charge in [0.15, 0.2) is 0 Å². The summed E-state index contributed by atoms with van der Waals surface area (Å²) in [5, 5.41) is 7.93. The lowest BCUT2D eigenvalue weighted by Crippen LogP contribution is -2.05. The zero-order valence-electron chi connectivity index (χ0n) is 15.8.